The van der Waals surface area contributed by atoms with Gasteiger partial charge in [0.25, 0.3) is 5.91 Å². The second-order valence-electron chi connectivity index (χ2n) is 5.89. The van der Waals surface area contributed by atoms with Crippen LogP contribution in [-0.4, -0.2) is 40.6 Å². The first-order valence-corrected chi connectivity index (χ1v) is 7.87. The van der Waals surface area contributed by atoms with Gasteiger partial charge in [0.05, 0.1) is 18.2 Å². The number of pyridine rings is 1. The van der Waals surface area contributed by atoms with Gasteiger partial charge in [-0.2, -0.15) is 5.26 Å². The van der Waals surface area contributed by atoms with E-state index in [2.05, 4.69) is 16.2 Å². The minimum atomic E-state index is -0.110. The normalized spacial score (nSPS) is 17.3. The summed E-state index contributed by atoms with van der Waals surface area (Å²) < 4.78 is 10.7. The summed E-state index contributed by atoms with van der Waals surface area (Å²) in [7, 11) is 0. The molecule has 24 heavy (non-hydrogen) atoms. The Morgan fingerprint density at radius 1 is 1.54 bits per heavy atom. The van der Waals surface area contributed by atoms with Gasteiger partial charge < -0.3 is 14.2 Å². The number of hydrogen-bond donors (Lipinski definition) is 0. The molecule has 1 unspecified atom stereocenters. The molecule has 1 fully saturated rings. The van der Waals surface area contributed by atoms with E-state index in [0.29, 0.717) is 42.6 Å². The quantitative estimate of drug-likeness (QED) is 0.855. The zero-order valence-electron chi connectivity index (χ0n) is 13.4. The van der Waals surface area contributed by atoms with Crippen LogP contribution in [0.15, 0.2) is 28.9 Å². The van der Waals surface area contributed by atoms with Gasteiger partial charge in [0.15, 0.2) is 5.69 Å². The lowest BCUT2D eigenvalue weighted by Crippen LogP contribution is -2.41. The SMILES string of the molecule is Cc1cc(C(=O)N2CCCC(COc3cc(C#N)ccn3)C2)no1. The maximum absolute atomic E-state index is 12.4. The molecule has 3 rings (SSSR count). The number of likely N-dealkylation sites (tertiary alicyclic amines) is 1. The lowest BCUT2D eigenvalue weighted by Gasteiger charge is -2.32. The van der Waals surface area contributed by atoms with Crippen molar-refractivity contribution in [1.82, 2.24) is 15.0 Å². The van der Waals surface area contributed by atoms with Crippen LogP contribution < -0.4 is 4.74 Å². The lowest BCUT2D eigenvalue weighted by molar-refractivity contribution is 0.0621. The van der Waals surface area contributed by atoms with Crippen molar-refractivity contribution in [2.75, 3.05) is 19.7 Å². The Kier molecular flexibility index (Phi) is 4.75. The number of carbonyl (C=O) groups excluding carboxylic acids is 1. The fourth-order valence-corrected chi connectivity index (χ4v) is 2.78. The smallest absolute Gasteiger partial charge is 0.276 e. The Bertz CT molecular complexity index is 765. The van der Waals surface area contributed by atoms with Crippen LogP contribution in [0.3, 0.4) is 0 Å². The molecule has 0 saturated carbocycles. The second kappa shape index (κ2) is 7.13. The van der Waals surface area contributed by atoms with Gasteiger partial charge in [-0.25, -0.2) is 4.98 Å². The highest BCUT2D eigenvalue weighted by molar-refractivity contribution is 5.92. The van der Waals surface area contributed by atoms with Crippen LogP contribution >= 0.6 is 0 Å². The van der Waals surface area contributed by atoms with Crippen molar-refractivity contribution in [3.05, 3.63) is 41.4 Å². The highest BCUT2D eigenvalue weighted by atomic mass is 16.5. The van der Waals surface area contributed by atoms with Crippen LogP contribution in [0.25, 0.3) is 0 Å². The molecule has 2 aromatic rings. The molecule has 0 aromatic carbocycles. The summed E-state index contributed by atoms with van der Waals surface area (Å²) >= 11 is 0. The number of rotatable bonds is 4. The van der Waals surface area contributed by atoms with Crippen molar-refractivity contribution in [2.45, 2.75) is 19.8 Å². The molecule has 2 aromatic heterocycles. The Balaban J connectivity index is 1.57. The molecule has 0 spiro atoms. The number of ether oxygens (including phenoxy) is 1. The van der Waals surface area contributed by atoms with Crippen molar-refractivity contribution in [2.24, 2.45) is 5.92 Å². The zero-order valence-corrected chi connectivity index (χ0v) is 13.4. The Labute approximate surface area is 139 Å². The minimum absolute atomic E-state index is 0.110. The van der Waals surface area contributed by atoms with E-state index in [1.165, 1.54) is 0 Å². The molecule has 0 N–H and O–H groups in total. The summed E-state index contributed by atoms with van der Waals surface area (Å²) in [5.41, 5.74) is 0.860. The monoisotopic (exact) mass is 326 g/mol. The van der Waals surface area contributed by atoms with E-state index in [-0.39, 0.29) is 11.8 Å². The van der Waals surface area contributed by atoms with Crippen molar-refractivity contribution in [3.8, 4) is 11.9 Å². The van der Waals surface area contributed by atoms with Gasteiger partial charge in [-0.3, -0.25) is 4.79 Å². The molecular weight excluding hydrogens is 308 g/mol. The average molecular weight is 326 g/mol. The van der Waals surface area contributed by atoms with Gasteiger partial charge in [0.1, 0.15) is 5.76 Å². The van der Waals surface area contributed by atoms with E-state index in [1.54, 1.807) is 36.2 Å². The van der Waals surface area contributed by atoms with E-state index in [9.17, 15) is 4.79 Å². The number of nitriles is 1. The van der Waals surface area contributed by atoms with Crippen molar-refractivity contribution in [1.29, 1.82) is 5.26 Å². The minimum Gasteiger partial charge on any atom is -0.477 e. The predicted molar refractivity (Wildman–Crippen MR) is 84.3 cm³/mol. The van der Waals surface area contributed by atoms with Crippen molar-refractivity contribution < 1.29 is 14.1 Å². The summed E-state index contributed by atoms with van der Waals surface area (Å²) in [6, 6.07) is 6.96. The maximum Gasteiger partial charge on any atom is 0.276 e. The summed E-state index contributed by atoms with van der Waals surface area (Å²) in [5.74, 6) is 1.17. The Hall–Kier alpha value is -2.88. The number of aromatic nitrogens is 2. The van der Waals surface area contributed by atoms with Crippen LogP contribution in [0.1, 0.15) is 34.7 Å². The number of nitrogens with zero attached hydrogens (tertiary/aromatic N) is 4. The molecule has 3 heterocycles. The van der Waals surface area contributed by atoms with E-state index >= 15 is 0 Å². The van der Waals surface area contributed by atoms with Gasteiger partial charge in [-0.05, 0) is 25.8 Å². The van der Waals surface area contributed by atoms with Crippen LogP contribution in [0, 0.1) is 24.2 Å². The Morgan fingerprint density at radius 2 is 2.42 bits per heavy atom. The lowest BCUT2D eigenvalue weighted by atomic mass is 9.98. The molecule has 0 bridgehead atoms. The fourth-order valence-electron chi connectivity index (χ4n) is 2.78. The summed E-state index contributed by atoms with van der Waals surface area (Å²) in [5, 5.41) is 12.7. The van der Waals surface area contributed by atoms with E-state index in [1.807, 2.05) is 0 Å². The summed E-state index contributed by atoms with van der Waals surface area (Å²) in [4.78, 5) is 18.3. The highest BCUT2D eigenvalue weighted by Gasteiger charge is 2.26. The molecular formula is C17H18N4O3. The fraction of sp³-hybridized carbons (Fsp3) is 0.412. The standard InChI is InChI=1S/C17H18N4O3/c1-12-7-15(20-24-12)17(22)21-6-2-3-14(10-21)11-23-16-8-13(9-18)4-5-19-16/h4-5,7-8,14H,2-3,6,10-11H2,1H3. The molecule has 1 aliphatic heterocycles. The first-order chi connectivity index (χ1) is 11.7. The van der Waals surface area contributed by atoms with Gasteiger partial charge in [-0.15, -0.1) is 0 Å². The Morgan fingerprint density at radius 3 is 3.17 bits per heavy atom. The largest absolute Gasteiger partial charge is 0.477 e. The number of carbonyl (C=O) groups is 1. The van der Waals surface area contributed by atoms with Gasteiger partial charge >= 0.3 is 0 Å². The van der Waals surface area contributed by atoms with Gasteiger partial charge in [0.2, 0.25) is 5.88 Å². The number of piperidine rings is 1. The zero-order chi connectivity index (χ0) is 16.9. The number of amides is 1. The molecule has 1 atom stereocenters. The van der Waals surface area contributed by atoms with E-state index in [0.717, 1.165) is 12.8 Å². The van der Waals surface area contributed by atoms with Gasteiger partial charge in [-0.1, -0.05) is 5.16 Å². The molecule has 124 valence electrons. The number of aryl methyl sites for hydroxylation is 1. The van der Waals surface area contributed by atoms with Crippen LogP contribution in [0.2, 0.25) is 0 Å². The summed E-state index contributed by atoms with van der Waals surface area (Å²) in [6.07, 6.45) is 3.46. The third-order valence-corrected chi connectivity index (χ3v) is 3.98. The molecule has 0 aliphatic carbocycles. The van der Waals surface area contributed by atoms with Crippen LogP contribution in [-0.2, 0) is 0 Å². The van der Waals surface area contributed by atoms with Crippen molar-refractivity contribution >= 4 is 5.91 Å². The molecule has 1 amide bonds. The van der Waals surface area contributed by atoms with E-state index < -0.39 is 0 Å². The van der Waals surface area contributed by atoms with E-state index in [4.69, 9.17) is 14.5 Å². The topological polar surface area (TPSA) is 92.2 Å². The van der Waals surface area contributed by atoms with Gasteiger partial charge in [0, 0.05) is 37.3 Å². The van der Waals surface area contributed by atoms with Crippen LogP contribution in [0.5, 0.6) is 5.88 Å². The third kappa shape index (κ3) is 3.71. The second-order valence-corrected chi connectivity index (χ2v) is 5.89. The number of hydrogen-bond acceptors (Lipinski definition) is 6. The molecule has 0 radical (unpaired) electrons. The highest BCUT2D eigenvalue weighted by Crippen LogP contribution is 2.20. The average Bonchev–Trinajstić information content (AvgIpc) is 3.06. The first kappa shape index (κ1) is 16.0. The molecule has 7 heteroatoms. The molecule has 1 aliphatic rings. The van der Waals surface area contributed by atoms with Crippen molar-refractivity contribution in [3.63, 3.8) is 0 Å². The van der Waals surface area contributed by atoms with Crippen LogP contribution in [0.4, 0.5) is 0 Å². The molecule has 1 saturated heterocycles. The first-order valence-electron chi connectivity index (χ1n) is 7.87. The third-order valence-electron chi connectivity index (χ3n) is 3.98. The molecule has 7 nitrogen and oxygen atoms in total. The summed E-state index contributed by atoms with van der Waals surface area (Å²) in [6.45, 7) is 3.55. The predicted octanol–water partition coefficient (Wildman–Crippen LogP) is 2.18. The maximum atomic E-state index is 12.4.